The van der Waals surface area contributed by atoms with Crippen molar-refractivity contribution in [1.82, 2.24) is 19.5 Å². The highest BCUT2D eigenvalue weighted by Gasteiger charge is 2.37. The van der Waals surface area contributed by atoms with Crippen molar-refractivity contribution in [2.75, 3.05) is 16.8 Å². The van der Waals surface area contributed by atoms with Gasteiger partial charge >= 0.3 is 0 Å². The van der Waals surface area contributed by atoms with E-state index in [2.05, 4.69) is 15.3 Å². The van der Waals surface area contributed by atoms with Gasteiger partial charge in [-0.15, -0.1) is 0 Å². The highest BCUT2D eigenvalue weighted by molar-refractivity contribution is 6.35. The van der Waals surface area contributed by atoms with Crippen molar-refractivity contribution in [3.8, 4) is 5.69 Å². The van der Waals surface area contributed by atoms with E-state index in [9.17, 15) is 14.0 Å². The van der Waals surface area contributed by atoms with Gasteiger partial charge in [0.25, 0.3) is 5.56 Å². The van der Waals surface area contributed by atoms with Crippen LogP contribution < -0.4 is 28.1 Å². The predicted molar refractivity (Wildman–Crippen MR) is 136 cm³/mol. The van der Waals surface area contributed by atoms with E-state index in [-0.39, 0.29) is 56.0 Å². The first-order valence-corrected chi connectivity index (χ1v) is 11.6. The average Bonchev–Trinajstić information content (AvgIpc) is 3.65. The number of rotatable bonds is 6. The smallest absolute Gasteiger partial charge is 0.267 e. The molecule has 184 valence electrons. The Morgan fingerprint density at radius 1 is 1.14 bits per heavy atom. The monoisotopic (exact) mass is 528 g/mol. The van der Waals surface area contributed by atoms with Crippen LogP contribution >= 0.6 is 23.2 Å². The lowest BCUT2D eigenvalue weighted by molar-refractivity contribution is 0.1000. The van der Waals surface area contributed by atoms with Gasteiger partial charge in [0.05, 0.1) is 27.7 Å². The van der Waals surface area contributed by atoms with E-state index in [1.807, 2.05) is 0 Å². The maximum absolute atomic E-state index is 14.5. The van der Waals surface area contributed by atoms with Gasteiger partial charge in [0.2, 0.25) is 11.9 Å². The van der Waals surface area contributed by atoms with Gasteiger partial charge in [-0.1, -0.05) is 29.3 Å². The first kappa shape index (κ1) is 23.8. The van der Waals surface area contributed by atoms with E-state index in [1.54, 1.807) is 18.2 Å². The number of nitrogens with two attached hydrogens (primary N) is 3. The molecule has 1 aliphatic carbocycles. The number of aromatic nitrogens is 4. The summed E-state index contributed by atoms with van der Waals surface area (Å²) in [6, 6.07) is 7.67. The van der Waals surface area contributed by atoms with Crippen LogP contribution in [0.5, 0.6) is 0 Å². The highest BCUT2D eigenvalue weighted by atomic mass is 35.5. The number of nitrogens with one attached hydrogen (secondary N) is 1. The minimum Gasteiger partial charge on any atom is -0.382 e. The lowest BCUT2D eigenvalue weighted by Gasteiger charge is -2.24. The molecule has 36 heavy (non-hydrogen) atoms. The van der Waals surface area contributed by atoms with E-state index >= 15 is 0 Å². The second-order valence-corrected chi connectivity index (χ2v) is 9.18. The fraction of sp³-hybridized carbons (Fsp3) is 0.174. The summed E-state index contributed by atoms with van der Waals surface area (Å²) in [5.41, 5.74) is 16.7. The number of primary amides is 1. The predicted octanol–water partition coefficient (Wildman–Crippen LogP) is 3.45. The van der Waals surface area contributed by atoms with Crippen LogP contribution in [0.3, 0.4) is 0 Å². The van der Waals surface area contributed by atoms with Crippen LogP contribution in [0.2, 0.25) is 10.0 Å². The fourth-order valence-corrected chi connectivity index (χ4v) is 4.45. The van der Waals surface area contributed by atoms with E-state index < -0.39 is 23.3 Å². The van der Waals surface area contributed by atoms with Crippen LogP contribution in [0.25, 0.3) is 16.6 Å². The Kier molecular flexibility index (Phi) is 5.89. The summed E-state index contributed by atoms with van der Waals surface area (Å²) in [5, 5.41) is 3.55. The summed E-state index contributed by atoms with van der Waals surface area (Å²) in [6.07, 6.45) is 1.62. The Balaban J connectivity index is 1.79. The van der Waals surface area contributed by atoms with Gasteiger partial charge in [0.1, 0.15) is 22.5 Å². The van der Waals surface area contributed by atoms with Gasteiger partial charge in [0, 0.05) is 5.56 Å². The van der Waals surface area contributed by atoms with Crippen LogP contribution in [0.4, 0.5) is 22.0 Å². The molecule has 4 aromatic rings. The van der Waals surface area contributed by atoms with Crippen molar-refractivity contribution < 1.29 is 9.18 Å². The van der Waals surface area contributed by atoms with Gasteiger partial charge < -0.3 is 22.5 Å². The van der Waals surface area contributed by atoms with Crippen LogP contribution in [0.15, 0.2) is 41.2 Å². The number of carbonyl (C=O) groups is 1. The molecule has 5 rings (SSSR count). The second-order valence-electron chi connectivity index (χ2n) is 8.40. The Morgan fingerprint density at radius 2 is 1.89 bits per heavy atom. The van der Waals surface area contributed by atoms with Gasteiger partial charge in [-0.05, 0) is 49.1 Å². The number of fused-ring (bicyclic) bond motifs is 1. The Morgan fingerprint density at radius 3 is 2.58 bits per heavy atom. The summed E-state index contributed by atoms with van der Waals surface area (Å²) in [5.74, 6) is -1.32. The highest BCUT2D eigenvalue weighted by Crippen LogP contribution is 2.44. The quantitative estimate of drug-likeness (QED) is 0.295. The summed E-state index contributed by atoms with van der Waals surface area (Å²) in [4.78, 5) is 38.4. The second kappa shape index (κ2) is 8.92. The molecule has 13 heteroatoms. The van der Waals surface area contributed by atoms with Crippen molar-refractivity contribution in [1.29, 1.82) is 0 Å². The molecule has 1 fully saturated rings. The molecule has 0 aliphatic heterocycles. The Bertz CT molecular complexity index is 1610. The van der Waals surface area contributed by atoms with Gasteiger partial charge in [-0.3, -0.25) is 14.2 Å². The number of anilines is 3. The molecule has 0 saturated heterocycles. The third kappa shape index (κ3) is 4.27. The fourth-order valence-electron chi connectivity index (χ4n) is 4.06. The number of nitrogen functional groups attached to an aromatic ring is 2. The van der Waals surface area contributed by atoms with Crippen molar-refractivity contribution in [3.05, 3.63) is 74.0 Å². The normalized spacial score (nSPS) is 14.1. The zero-order valence-electron chi connectivity index (χ0n) is 18.5. The minimum absolute atomic E-state index is 0.0203. The van der Waals surface area contributed by atoms with Crippen LogP contribution in [-0.4, -0.2) is 25.4 Å². The molecule has 2 aromatic heterocycles. The summed E-state index contributed by atoms with van der Waals surface area (Å²) in [7, 11) is 0. The third-order valence-electron chi connectivity index (χ3n) is 5.86. The number of nitrogens with zero attached hydrogens (tertiary/aromatic N) is 4. The van der Waals surface area contributed by atoms with E-state index in [0.29, 0.717) is 5.52 Å². The lowest BCUT2D eigenvalue weighted by Crippen LogP contribution is -2.30. The molecule has 1 amide bonds. The molecule has 1 aliphatic rings. The summed E-state index contributed by atoms with van der Waals surface area (Å²) in [6.45, 7) is 0. The van der Waals surface area contributed by atoms with Crippen molar-refractivity contribution in [2.24, 2.45) is 11.7 Å². The maximum Gasteiger partial charge on any atom is 0.267 e. The number of hydrogen-bond donors (Lipinski definition) is 4. The van der Waals surface area contributed by atoms with Gasteiger partial charge in [-0.25, -0.2) is 9.37 Å². The molecule has 1 saturated carbocycles. The molecule has 0 bridgehead atoms. The number of amides is 1. The largest absolute Gasteiger partial charge is 0.382 e. The number of hydrogen-bond acceptors (Lipinski definition) is 8. The first-order chi connectivity index (χ1) is 17.1. The molecular formula is C23H19Cl2FN8O2. The zero-order chi connectivity index (χ0) is 25.7. The number of benzene rings is 2. The number of carbonyl (C=O) groups excluding carboxylic acids is 1. The molecule has 2 heterocycles. The van der Waals surface area contributed by atoms with E-state index in [1.165, 1.54) is 10.6 Å². The van der Waals surface area contributed by atoms with Crippen molar-refractivity contribution in [2.45, 2.75) is 18.9 Å². The summed E-state index contributed by atoms with van der Waals surface area (Å²) >= 11 is 12.7. The zero-order valence-corrected chi connectivity index (χ0v) is 20.0. The topological polar surface area (TPSA) is 168 Å². The van der Waals surface area contributed by atoms with Crippen LogP contribution in [-0.2, 0) is 0 Å². The van der Waals surface area contributed by atoms with Crippen molar-refractivity contribution in [3.63, 3.8) is 0 Å². The molecule has 1 atom stereocenters. The molecule has 0 spiro atoms. The average molecular weight is 529 g/mol. The van der Waals surface area contributed by atoms with Crippen molar-refractivity contribution >= 4 is 57.6 Å². The molecule has 10 nitrogen and oxygen atoms in total. The van der Waals surface area contributed by atoms with Gasteiger partial charge in [0.15, 0.2) is 5.82 Å². The molecule has 7 N–H and O–H groups in total. The third-order valence-corrected chi connectivity index (χ3v) is 6.54. The van der Waals surface area contributed by atoms with Crippen LogP contribution in [0.1, 0.15) is 35.1 Å². The molecule has 2 aromatic carbocycles. The molecule has 1 unspecified atom stereocenters. The maximum atomic E-state index is 14.5. The standard InChI is InChI=1S/C23H19Cl2FN8O2/c24-13-2-1-3-14-15(13)22(36)34(12-7-10(19(28)35)6-11(26)8-12)21(30-14)17(9-4-5-9)31-20-16(25)18(27)32-23(29)33-20/h1-3,6-9,17H,4-5H2,(H2,28,35)(H5,27,29,31,32,33). The minimum atomic E-state index is -0.854. The lowest BCUT2D eigenvalue weighted by atomic mass is 10.1. The Hall–Kier alpha value is -3.96. The first-order valence-electron chi connectivity index (χ1n) is 10.8. The van der Waals surface area contributed by atoms with E-state index in [0.717, 1.165) is 25.0 Å². The Labute approximate surface area is 213 Å². The van der Waals surface area contributed by atoms with Gasteiger partial charge in [-0.2, -0.15) is 9.97 Å². The molecular weight excluding hydrogens is 510 g/mol. The number of halogens is 3. The van der Waals surface area contributed by atoms with Crippen LogP contribution in [0, 0.1) is 11.7 Å². The summed E-state index contributed by atoms with van der Waals surface area (Å²) < 4.78 is 15.8. The van der Waals surface area contributed by atoms with E-state index in [4.69, 9.17) is 45.4 Å². The SMILES string of the molecule is NC(=O)c1cc(F)cc(-n2c(C(Nc3nc(N)nc(N)c3Cl)C3CC3)nc3cccc(Cl)c3c2=O)c1. The molecule has 0 radical (unpaired) electrons.